The van der Waals surface area contributed by atoms with Crippen LogP contribution in [0.4, 0.5) is 10.1 Å². The first kappa shape index (κ1) is 24.3. The molecular weight excluding hydrogens is 404 g/mol. The summed E-state index contributed by atoms with van der Waals surface area (Å²) >= 11 is 0. The van der Waals surface area contributed by atoms with E-state index in [2.05, 4.69) is 15.5 Å². The van der Waals surface area contributed by atoms with E-state index in [0.717, 1.165) is 38.1 Å². The number of carbonyl (C=O) groups is 1. The summed E-state index contributed by atoms with van der Waals surface area (Å²) in [6, 6.07) is 3.90. The molecule has 0 saturated carbocycles. The summed E-state index contributed by atoms with van der Waals surface area (Å²) in [5.74, 6) is 1.09. The van der Waals surface area contributed by atoms with Gasteiger partial charge in [-0.15, -0.1) is 35.0 Å². The Morgan fingerprint density at radius 1 is 1.25 bits per heavy atom. The van der Waals surface area contributed by atoms with Gasteiger partial charge in [0, 0.05) is 18.7 Å². The molecule has 0 aliphatic carbocycles. The molecule has 0 fully saturated rings. The van der Waals surface area contributed by atoms with Gasteiger partial charge < -0.3 is 15.6 Å². The summed E-state index contributed by atoms with van der Waals surface area (Å²) < 4.78 is 16.4. The predicted molar refractivity (Wildman–Crippen MR) is 114 cm³/mol. The van der Waals surface area contributed by atoms with Crippen LogP contribution in [-0.4, -0.2) is 26.7 Å². The largest absolute Gasteiger partial charge is 0.325 e. The second-order valence-corrected chi connectivity index (χ2v) is 7.32. The highest BCUT2D eigenvalue weighted by atomic mass is 35.5. The maximum Gasteiger partial charge on any atom is 0.241 e. The highest BCUT2D eigenvalue weighted by molar-refractivity contribution is 5.95. The van der Waals surface area contributed by atoms with Crippen molar-refractivity contribution in [2.75, 3.05) is 5.32 Å². The number of rotatable bonds is 5. The highest BCUT2D eigenvalue weighted by Gasteiger charge is 2.20. The molecule has 6 nitrogen and oxygen atoms in total. The molecule has 1 aliphatic rings. The number of nitrogens with two attached hydrogens (primary N) is 1. The molecule has 0 saturated heterocycles. The van der Waals surface area contributed by atoms with E-state index in [0.29, 0.717) is 29.4 Å². The van der Waals surface area contributed by atoms with Crippen molar-refractivity contribution < 1.29 is 9.18 Å². The summed E-state index contributed by atoms with van der Waals surface area (Å²) in [6.45, 7) is 4.81. The number of nitrogens with zero attached hydrogens (tertiary/aromatic N) is 3. The Labute approximate surface area is 177 Å². The number of amides is 1. The van der Waals surface area contributed by atoms with Crippen LogP contribution in [0, 0.1) is 11.7 Å². The van der Waals surface area contributed by atoms with E-state index < -0.39 is 6.04 Å². The Kier molecular flexibility index (Phi) is 9.33. The first-order chi connectivity index (χ1) is 12.5. The number of nitrogens with one attached hydrogen (secondary N) is 1. The van der Waals surface area contributed by atoms with Crippen LogP contribution >= 0.6 is 24.8 Å². The third-order valence-electron chi connectivity index (χ3n) is 4.65. The minimum absolute atomic E-state index is 0. The number of carbonyl (C=O) groups excluding carboxylic acids is 1. The Morgan fingerprint density at radius 2 is 2.00 bits per heavy atom. The molecule has 156 valence electrons. The Morgan fingerprint density at radius 3 is 2.71 bits per heavy atom. The molecule has 9 heteroatoms. The SMILES string of the molecule is CC(C)C[C@H](N)C(=O)Nc1ccc(F)c(-c2nnc3n2CCCCC3)c1.Cl.Cl. The Bertz CT molecular complexity index is 797. The van der Waals surface area contributed by atoms with Crippen molar-refractivity contribution >= 4 is 36.4 Å². The number of benzene rings is 1. The van der Waals surface area contributed by atoms with E-state index in [1.807, 2.05) is 18.4 Å². The lowest BCUT2D eigenvalue weighted by Gasteiger charge is -2.15. The van der Waals surface area contributed by atoms with Gasteiger partial charge in [-0.05, 0) is 43.4 Å². The maximum absolute atomic E-state index is 14.5. The highest BCUT2D eigenvalue weighted by Crippen LogP contribution is 2.27. The van der Waals surface area contributed by atoms with E-state index in [-0.39, 0.29) is 36.5 Å². The molecule has 0 radical (unpaired) electrons. The molecule has 1 aromatic heterocycles. The van der Waals surface area contributed by atoms with Gasteiger partial charge in [0.2, 0.25) is 5.91 Å². The quantitative estimate of drug-likeness (QED) is 0.749. The van der Waals surface area contributed by atoms with Crippen LogP contribution in [0.2, 0.25) is 0 Å². The third-order valence-corrected chi connectivity index (χ3v) is 4.65. The van der Waals surface area contributed by atoms with Crippen LogP contribution < -0.4 is 11.1 Å². The topological polar surface area (TPSA) is 85.8 Å². The zero-order valence-corrected chi connectivity index (χ0v) is 17.8. The predicted octanol–water partition coefficient (Wildman–Crippen LogP) is 3.97. The van der Waals surface area contributed by atoms with Crippen molar-refractivity contribution in [1.82, 2.24) is 14.8 Å². The van der Waals surface area contributed by atoms with Gasteiger partial charge in [-0.1, -0.05) is 20.3 Å². The number of anilines is 1. The fourth-order valence-electron chi connectivity index (χ4n) is 3.31. The van der Waals surface area contributed by atoms with Crippen molar-refractivity contribution in [1.29, 1.82) is 0 Å². The van der Waals surface area contributed by atoms with Gasteiger partial charge >= 0.3 is 0 Å². The van der Waals surface area contributed by atoms with Crippen LogP contribution in [-0.2, 0) is 17.8 Å². The number of halogens is 3. The van der Waals surface area contributed by atoms with Gasteiger partial charge in [0.1, 0.15) is 11.6 Å². The molecule has 1 amide bonds. The molecule has 2 heterocycles. The summed E-state index contributed by atoms with van der Waals surface area (Å²) in [5, 5.41) is 11.2. The van der Waals surface area contributed by atoms with Crippen LogP contribution in [0.5, 0.6) is 0 Å². The second-order valence-electron chi connectivity index (χ2n) is 7.32. The molecule has 28 heavy (non-hydrogen) atoms. The lowest BCUT2D eigenvalue weighted by Crippen LogP contribution is -2.36. The van der Waals surface area contributed by atoms with Crippen LogP contribution in [0.1, 0.15) is 45.4 Å². The van der Waals surface area contributed by atoms with E-state index in [1.165, 1.54) is 6.07 Å². The summed E-state index contributed by atoms with van der Waals surface area (Å²) in [7, 11) is 0. The minimum atomic E-state index is -0.590. The van der Waals surface area contributed by atoms with E-state index in [9.17, 15) is 9.18 Å². The molecular formula is C19H28Cl2FN5O. The molecule has 0 bridgehead atoms. The normalized spacial score (nSPS) is 14.3. The molecule has 3 N–H and O–H groups in total. The fraction of sp³-hybridized carbons (Fsp3) is 0.526. The maximum atomic E-state index is 14.5. The van der Waals surface area contributed by atoms with Gasteiger partial charge in [0.15, 0.2) is 5.82 Å². The van der Waals surface area contributed by atoms with Crippen molar-refractivity contribution in [3.63, 3.8) is 0 Å². The van der Waals surface area contributed by atoms with E-state index in [4.69, 9.17) is 5.73 Å². The van der Waals surface area contributed by atoms with Gasteiger partial charge in [-0.25, -0.2) is 4.39 Å². The van der Waals surface area contributed by atoms with Gasteiger partial charge in [0.05, 0.1) is 11.6 Å². The lowest BCUT2D eigenvalue weighted by molar-refractivity contribution is -0.117. The van der Waals surface area contributed by atoms with Crippen LogP contribution in [0.3, 0.4) is 0 Å². The van der Waals surface area contributed by atoms with Crippen molar-refractivity contribution in [3.8, 4) is 11.4 Å². The average Bonchev–Trinajstić information content (AvgIpc) is 2.84. The first-order valence-electron chi connectivity index (χ1n) is 9.24. The molecule has 0 spiro atoms. The van der Waals surface area contributed by atoms with E-state index in [1.54, 1.807) is 12.1 Å². The molecule has 0 unspecified atom stereocenters. The molecule has 1 aromatic carbocycles. The van der Waals surface area contributed by atoms with E-state index >= 15 is 0 Å². The first-order valence-corrected chi connectivity index (χ1v) is 9.24. The second kappa shape index (κ2) is 10.7. The van der Waals surface area contributed by atoms with Gasteiger partial charge in [0.25, 0.3) is 0 Å². The number of aryl methyl sites for hydroxylation is 1. The lowest BCUT2D eigenvalue weighted by atomic mass is 10.0. The molecule has 3 rings (SSSR count). The van der Waals surface area contributed by atoms with Gasteiger partial charge in [-0.3, -0.25) is 4.79 Å². The standard InChI is InChI=1S/C19H26FN5O.2ClH/c1-12(2)10-16(21)19(26)22-13-7-8-15(20)14(11-13)18-24-23-17-6-4-3-5-9-25(17)18;;/h7-8,11-12,16H,3-6,9-10,21H2,1-2H3,(H,22,26);2*1H/t16-;;/m0../s1. The third kappa shape index (κ3) is 5.65. The average molecular weight is 432 g/mol. The molecule has 2 aromatic rings. The zero-order valence-electron chi connectivity index (χ0n) is 16.2. The number of hydrogen-bond acceptors (Lipinski definition) is 4. The van der Waals surface area contributed by atoms with Crippen molar-refractivity contribution in [3.05, 3.63) is 29.8 Å². The monoisotopic (exact) mass is 431 g/mol. The van der Waals surface area contributed by atoms with Crippen LogP contribution in [0.15, 0.2) is 18.2 Å². The summed E-state index contributed by atoms with van der Waals surface area (Å²) in [4.78, 5) is 12.2. The number of fused-ring (bicyclic) bond motifs is 1. The number of hydrogen-bond donors (Lipinski definition) is 2. The number of aromatic nitrogens is 3. The van der Waals surface area contributed by atoms with Crippen LogP contribution in [0.25, 0.3) is 11.4 Å². The fourth-order valence-corrected chi connectivity index (χ4v) is 3.31. The summed E-state index contributed by atoms with van der Waals surface area (Å²) in [6.07, 6.45) is 4.69. The van der Waals surface area contributed by atoms with Crippen molar-refractivity contribution in [2.45, 2.75) is 58.5 Å². The Balaban J connectivity index is 0.00000196. The molecule has 1 aliphatic heterocycles. The smallest absolute Gasteiger partial charge is 0.241 e. The zero-order chi connectivity index (χ0) is 18.7. The molecule has 1 atom stereocenters. The minimum Gasteiger partial charge on any atom is -0.325 e. The summed E-state index contributed by atoms with van der Waals surface area (Å²) in [5.41, 5.74) is 6.78. The Hall–Kier alpha value is -1.70. The van der Waals surface area contributed by atoms with Gasteiger partial charge in [-0.2, -0.15) is 0 Å². The van der Waals surface area contributed by atoms with Crippen molar-refractivity contribution in [2.24, 2.45) is 11.7 Å².